The molecule has 0 saturated carbocycles. The maximum Gasteiger partial charge on any atom is 0.306 e. The fourth-order valence-corrected chi connectivity index (χ4v) is 5.33. The fourth-order valence-electron chi connectivity index (χ4n) is 5.33. The van der Waals surface area contributed by atoms with E-state index in [-0.39, 0.29) is 11.4 Å². The molecule has 0 saturated heterocycles. The number of carbonyl (C=O) groups excluding carboxylic acids is 2. The number of aldehydes is 1. The van der Waals surface area contributed by atoms with E-state index in [4.69, 9.17) is 9.53 Å². The van der Waals surface area contributed by atoms with Gasteiger partial charge in [0.15, 0.2) is 0 Å². The van der Waals surface area contributed by atoms with Crippen LogP contribution in [0.2, 0.25) is 0 Å². The van der Waals surface area contributed by atoms with E-state index in [1.807, 2.05) is 6.08 Å². The number of carbonyl (C=O) groups is 2. The highest BCUT2D eigenvalue weighted by Gasteiger charge is 2.26. The molecule has 0 amide bonds. The smallest absolute Gasteiger partial charge is 0.306 e. The third kappa shape index (κ3) is 22.2. The van der Waals surface area contributed by atoms with Gasteiger partial charge < -0.3 is 9.53 Å². The third-order valence-electron chi connectivity index (χ3n) is 7.91. The summed E-state index contributed by atoms with van der Waals surface area (Å²) in [5.41, 5.74) is 5.65. The highest BCUT2D eigenvalue weighted by Crippen LogP contribution is 2.40. The average Bonchev–Trinajstić information content (AvgIpc) is 2.91. The molecule has 3 nitrogen and oxygen atoms in total. The molecule has 3 heteroatoms. The summed E-state index contributed by atoms with van der Waals surface area (Å²) < 4.78 is 5.40. The average molecular weight is 568 g/mol. The van der Waals surface area contributed by atoms with Crippen LogP contribution in [0.4, 0.5) is 0 Å². The molecule has 0 N–H and O–H groups in total. The van der Waals surface area contributed by atoms with E-state index in [1.165, 1.54) is 107 Å². The van der Waals surface area contributed by atoms with Gasteiger partial charge in [-0.05, 0) is 63.5 Å². The van der Waals surface area contributed by atoms with Gasteiger partial charge in [-0.25, -0.2) is 0 Å². The SMILES string of the molecule is CCCCCCCCCCCCCCCC(=O)OC/C=C(C)/C=C/C=C(C)/C=C/C1=C(C)CCCC1(C)C.[CH2]C=O. The van der Waals surface area contributed by atoms with Crippen molar-refractivity contribution in [3.8, 4) is 0 Å². The van der Waals surface area contributed by atoms with Gasteiger partial charge in [-0.3, -0.25) is 4.79 Å². The number of esters is 1. The topological polar surface area (TPSA) is 43.4 Å². The molecule has 0 unspecified atom stereocenters. The molecule has 1 radical (unpaired) electrons. The summed E-state index contributed by atoms with van der Waals surface area (Å²) in [4.78, 5) is 20.7. The van der Waals surface area contributed by atoms with Gasteiger partial charge in [-0.15, -0.1) is 0 Å². The molecule has 0 aromatic heterocycles. The molecule has 0 bridgehead atoms. The van der Waals surface area contributed by atoms with Crippen molar-refractivity contribution in [2.45, 2.75) is 151 Å². The summed E-state index contributed by atoms with van der Waals surface area (Å²) in [5.74, 6) is -0.0720. The lowest BCUT2D eigenvalue weighted by molar-refractivity contribution is -0.142. The molecule has 41 heavy (non-hydrogen) atoms. The lowest BCUT2D eigenvalue weighted by Gasteiger charge is -2.32. The van der Waals surface area contributed by atoms with Gasteiger partial charge >= 0.3 is 5.97 Å². The van der Waals surface area contributed by atoms with E-state index in [1.54, 1.807) is 0 Å². The number of ether oxygens (including phenoxy) is 1. The van der Waals surface area contributed by atoms with Gasteiger partial charge in [0, 0.05) is 13.3 Å². The second kappa shape index (κ2) is 25.5. The van der Waals surface area contributed by atoms with Crippen LogP contribution >= 0.6 is 0 Å². The number of rotatable bonds is 20. The molecular formula is C38H63O3. The van der Waals surface area contributed by atoms with Crippen LogP contribution in [0.25, 0.3) is 0 Å². The lowest BCUT2D eigenvalue weighted by atomic mass is 9.72. The van der Waals surface area contributed by atoms with Gasteiger partial charge in [0.05, 0.1) is 0 Å². The first-order valence-electron chi connectivity index (χ1n) is 16.5. The largest absolute Gasteiger partial charge is 0.461 e. The Kier molecular flexibility index (Phi) is 24.2. The highest BCUT2D eigenvalue weighted by molar-refractivity contribution is 5.69. The van der Waals surface area contributed by atoms with Crippen LogP contribution in [0.5, 0.6) is 0 Å². The molecule has 0 spiro atoms. The molecule has 1 rings (SSSR count). The zero-order valence-corrected chi connectivity index (χ0v) is 27.7. The van der Waals surface area contributed by atoms with E-state index in [2.05, 4.69) is 78.8 Å². The number of hydrogen-bond donors (Lipinski definition) is 0. The Labute approximate surface area is 254 Å². The van der Waals surface area contributed by atoms with Crippen molar-refractivity contribution in [2.24, 2.45) is 5.41 Å². The Morgan fingerprint density at radius 2 is 1.41 bits per heavy atom. The van der Waals surface area contributed by atoms with E-state index in [9.17, 15) is 4.79 Å². The maximum atomic E-state index is 12.0. The van der Waals surface area contributed by atoms with Crippen molar-refractivity contribution in [1.82, 2.24) is 0 Å². The first-order valence-corrected chi connectivity index (χ1v) is 16.5. The second-order valence-electron chi connectivity index (χ2n) is 12.3. The monoisotopic (exact) mass is 567 g/mol. The molecule has 1 aliphatic rings. The van der Waals surface area contributed by atoms with Gasteiger partial charge in [0.25, 0.3) is 0 Å². The predicted octanol–water partition coefficient (Wildman–Crippen LogP) is 11.6. The zero-order valence-electron chi connectivity index (χ0n) is 27.7. The minimum absolute atomic E-state index is 0.0720. The van der Waals surface area contributed by atoms with E-state index >= 15 is 0 Å². The van der Waals surface area contributed by atoms with Crippen molar-refractivity contribution in [3.05, 3.63) is 65.7 Å². The van der Waals surface area contributed by atoms with Crippen LogP contribution < -0.4 is 0 Å². The Morgan fingerprint density at radius 3 is 1.95 bits per heavy atom. The van der Waals surface area contributed by atoms with Crippen molar-refractivity contribution in [3.63, 3.8) is 0 Å². The summed E-state index contributed by atoms with van der Waals surface area (Å²) >= 11 is 0. The Morgan fingerprint density at radius 1 is 0.878 bits per heavy atom. The van der Waals surface area contributed by atoms with Crippen LogP contribution in [-0.2, 0) is 14.3 Å². The van der Waals surface area contributed by atoms with Crippen LogP contribution in [-0.4, -0.2) is 18.9 Å². The Balaban J connectivity index is 0.00000509. The van der Waals surface area contributed by atoms with Crippen LogP contribution in [0.1, 0.15) is 151 Å². The minimum atomic E-state index is -0.0720. The first kappa shape index (κ1) is 38.8. The lowest BCUT2D eigenvalue weighted by Crippen LogP contribution is -2.19. The van der Waals surface area contributed by atoms with Gasteiger partial charge in [-0.2, -0.15) is 0 Å². The van der Waals surface area contributed by atoms with Gasteiger partial charge in [0.2, 0.25) is 0 Å². The maximum absolute atomic E-state index is 12.0. The molecule has 0 aromatic rings. The van der Waals surface area contributed by atoms with Crippen molar-refractivity contribution < 1.29 is 14.3 Å². The second-order valence-corrected chi connectivity index (χ2v) is 12.3. The first-order chi connectivity index (χ1) is 19.7. The predicted molar refractivity (Wildman–Crippen MR) is 179 cm³/mol. The van der Waals surface area contributed by atoms with Crippen LogP contribution in [0, 0.1) is 12.3 Å². The zero-order chi connectivity index (χ0) is 30.8. The molecule has 1 aliphatic carbocycles. The van der Waals surface area contributed by atoms with Gasteiger partial charge in [0.1, 0.15) is 12.9 Å². The third-order valence-corrected chi connectivity index (χ3v) is 7.91. The molecule has 0 aliphatic heterocycles. The quantitative estimate of drug-likeness (QED) is 0.0636. The highest BCUT2D eigenvalue weighted by atomic mass is 16.5. The summed E-state index contributed by atoms with van der Waals surface area (Å²) in [7, 11) is 0. The van der Waals surface area contributed by atoms with Crippen LogP contribution in [0.15, 0.2) is 58.7 Å². The molecule has 0 heterocycles. The van der Waals surface area contributed by atoms with Crippen LogP contribution in [0.3, 0.4) is 0 Å². The van der Waals surface area contributed by atoms with Crippen molar-refractivity contribution in [2.75, 3.05) is 6.61 Å². The Bertz CT molecular complexity index is 851. The number of unbranched alkanes of at least 4 members (excludes halogenated alkanes) is 12. The summed E-state index contributed by atoms with van der Waals surface area (Å²) in [6, 6.07) is 0. The summed E-state index contributed by atoms with van der Waals surface area (Å²) in [6.45, 7) is 16.6. The fraction of sp³-hybridized carbons (Fsp3) is 0.658. The Hall–Kier alpha value is -2.16. The normalized spacial score (nSPS) is 15.8. The van der Waals surface area contributed by atoms with E-state index < -0.39 is 0 Å². The van der Waals surface area contributed by atoms with Crippen molar-refractivity contribution in [1.29, 1.82) is 0 Å². The summed E-state index contributed by atoms with van der Waals surface area (Å²) in [5, 5.41) is 0. The number of allylic oxidation sites excluding steroid dienone is 9. The van der Waals surface area contributed by atoms with Crippen molar-refractivity contribution >= 4 is 12.3 Å². The summed E-state index contributed by atoms with van der Waals surface area (Å²) in [6.07, 6.45) is 34.8. The van der Waals surface area contributed by atoms with E-state index in [0.717, 1.165) is 18.4 Å². The molecule has 0 atom stereocenters. The molecule has 0 aromatic carbocycles. The van der Waals surface area contributed by atoms with Gasteiger partial charge in [-0.1, -0.05) is 145 Å². The van der Waals surface area contributed by atoms with E-state index in [0.29, 0.717) is 19.3 Å². The number of hydrogen-bond acceptors (Lipinski definition) is 3. The minimum Gasteiger partial charge on any atom is -0.461 e. The molecular weight excluding hydrogens is 504 g/mol. The molecule has 0 fully saturated rings. The molecule has 233 valence electrons. The standard InChI is InChI=1S/C36H60O2.C2H3O/c1-7-8-9-10-11-12-13-14-15-16-17-18-19-25-35(37)38-30-28-32(3)23-20-22-31(2)26-27-34-33(4)24-21-29-36(34,5)6;1-2-3/h20,22-23,26-28H,7-19,21,24-25,29-30H2,1-6H3;2H,1H2/b23-20+,27-26+,31-22+,32-28+;.